The van der Waals surface area contributed by atoms with Crippen LogP contribution in [0.15, 0.2) is 0 Å². The number of hydrogen-bond acceptors (Lipinski definition) is 3. The fraction of sp³-hybridized carbons (Fsp3) is 1.00. The van der Waals surface area contributed by atoms with E-state index in [-0.39, 0.29) is 0 Å². The monoisotopic (exact) mass is 253 g/mol. The first-order chi connectivity index (χ1) is 8.74. The molecule has 2 aliphatic heterocycles. The SMILES string of the molecule is CN(C)CC1CCN(CC2CCCCCN2)CC1. The molecule has 106 valence electrons. The Kier molecular flexibility index (Phi) is 5.93. The van der Waals surface area contributed by atoms with Crippen LogP contribution in [0.3, 0.4) is 0 Å². The normalized spacial score (nSPS) is 28.5. The maximum Gasteiger partial charge on any atom is 0.0195 e. The third kappa shape index (κ3) is 4.87. The quantitative estimate of drug-likeness (QED) is 0.824. The van der Waals surface area contributed by atoms with Crippen molar-refractivity contribution in [2.45, 2.75) is 44.6 Å². The van der Waals surface area contributed by atoms with Crippen LogP contribution in [0.4, 0.5) is 0 Å². The summed E-state index contributed by atoms with van der Waals surface area (Å²) in [6, 6.07) is 0.762. The Morgan fingerprint density at radius 3 is 2.56 bits per heavy atom. The topological polar surface area (TPSA) is 18.5 Å². The lowest BCUT2D eigenvalue weighted by atomic mass is 9.96. The second-order valence-corrected chi connectivity index (χ2v) is 6.51. The molecule has 0 spiro atoms. The van der Waals surface area contributed by atoms with Gasteiger partial charge in [-0.2, -0.15) is 0 Å². The van der Waals surface area contributed by atoms with Gasteiger partial charge in [0.2, 0.25) is 0 Å². The minimum Gasteiger partial charge on any atom is -0.313 e. The molecule has 0 radical (unpaired) electrons. The molecule has 18 heavy (non-hydrogen) atoms. The maximum atomic E-state index is 3.72. The molecule has 2 rings (SSSR count). The van der Waals surface area contributed by atoms with Gasteiger partial charge in [0.05, 0.1) is 0 Å². The largest absolute Gasteiger partial charge is 0.313 e. The molecule has 1 atom stereocenters. The zero-order valence-electron chi connectivity index (χ0n) is 12.3. The average molecular weight is 253 g/mol. The lowest BCUT2D eigenvalue weighted by Gasteiger charge is -2.35. The van der Waals surface area contributed by atoms with Gasteiger partial charge < -0.3 is 15.1 Å². The molecule has 2 aliphatic rings. The Bertz CT molecular complexity index is 214. The summed E-state index contributed by atoms with van der Waals surface area (Å²) in [5.41, 5.74) is 0. The highest BCUT2D eigenvalue weighted by Gasteiger charge is 2.22. The highest BCUT2D eigenvalue weighted by Crippen LogP contribution is 2.19. The second-order valence-electron chi connectivity index (χ2n) is 6.51. The van der Waals surface area contributed by atoms with Crippen molar-refractivity contribution >= 4 is 0 Å². The summed E-state index contributed by atoms with van der Waals surface area (Å²) in [6.07, 6.45) is 8.40. The van der Waals surface area contributed by atoms with Gasteiger partial charge in [-0.1, -0.05) is 12.8 Å². The van der Waals surface area contributed by atoms with Gasteiger partial charge >= 0.3 is 0 Å². The van der Waals surface area contributed by atoms with Gasteiger partial charge in [0.25, 0.3) is 0 Å². The number of hydrogen-bond donors (Lipinski definition) is 1. The van der Waals surface area contributed by atoms with Gasteiger partial charge in [0, 0.05) is 19.1 Å². The molecule has 1 unspecified atom stereocenters. The number of nitrogens with zero attached hydrogens (tertiary/aromatic N) is 2. The number of nitrogens with one attached hydrogen (secondary N) is 1. The van der Waals surface area contributed by atoms with Crippen molar-refractivity contribution in [3.05, 3.63) is 0 Å². The van der Waals surface area contributed by atoms with Crippen LogP contribution < -0.4 is 5.32 Å². The van der Waals surface area contributed by atoms with Gasteiger partial charge in [0.1, 0.15) is 0 Å². The van der Waals surface area contributed by atoms with E-state index in [4.69, 9.17) is 0 Å². The minimum atomic E-state index is 0.762. The van der Waals surface area contributed by atoms with E-state index in [1.54, 1.807) is 0 Å². The molecule has 0 amide bonds. The predicted molar refractivity (Wildman–Crippen MR) is 78.0 cm³/mol. The first kappa shape index (κ1) is 14.3. The molecule has 3 heteroatoms. The molecule has 2 saturated heterocycles. The summed E-state index contributed by atoms with van der Waals surface area (Å²) in [6.45, 7) is 6.43. The summed E-state index contributed by atoms with van der Waals surface area (Å²) >= 11 is 0. The van der Waals surface area contributed by atoms with Gasteiger partial charge in [-0.05, 0) is 65.3 Å². The van der Waals surface area contributed by atoms with Gasteiger partial charge in [-0.25, -0.2) is 0 Å². The van der Waals surface area contributed by atoms with Crippen LogP contribution in [0, 0.1) is 5.92 Å². The van der Waals surface area contributed by atoms with E-state index in [0.29, 0.717) is 0 Å². The first-order valence-electron chi connectivity index (χ1n) is 7.84. The molecule has 0 saturated carbocycles. The van der Waals surface area contributed by atoms with Crippen molar-refractivity contribution in [1.82, 2.24) is 15.1 Å². The highest BCUT2D eigenvalue weighted by molar-refractivity contribution is 4.79. The zero-order chi connectivity index (χ0) is 12.8. The molecule has 2 fully saturated rings. The van der Waals surface area contributed by atoms with Crippen molar-refractivity contribution < 1.29 is 0 Å². The van der Waals surface area contributed by atoms with Crippen LogP contribution in [-0.2, 0) is 0 Å². The fourth-order valence-electron chi connectivity index (χ4n) is 3.44. The molecule has 2 heterocycles. The van der Waals surface area contributed by atoms with Gasteiger partial charge in [-0.3, -0.25) is 0 Å². The Balaban J connectivity index is 1.66. The predicted octanol–water partition coefficient (Wildman–Crippen LogP) is 1.79. The van der Waals surface area contributed by atoms with Crippen molar-refractivity contribution in [2.24, 2.45) is 5.92 Å². The molecule has 0 bridgehead atoms. The Hall–Kier alpha value is -0.120. The van der Waals surface area contributed by atoms with Crippen molar-refractivity contribution in [3.63, 3.8) is 0 Å². The average Bonchev–Trinajstić information content (AvgIpc) is 2.60. The van der Waals surface area contributed by atoms with E-state index in [9.17, 15) is 0 Å². The van der Waals surface area contributed by atoms with E-state index < -0.39 is 0 Å². The second kappa shape index (κ2) is 7.46. The molecule has 1 N–H and O–H groups in total. The van der Waals surface area contributed by atoms with E-state index in [1.807, 2.05) is 0 Å². The molecule has 0 aromatic rings. The zero-order valence-corrected chi connectivity index (χ0v) is 12.3. The summed E-state index contributed by atoms with van der Waals surface area (Å²) in [4.78, 5) is 5.03. The van der Waals surface area contributed by atoms with Crippen molar-refractivity contribution in [1.29, 1.82) is 0 Å². The molecular weight excluding hydrogens is 222 g/mol. The van der Waals surface area contributed by atoms with Gasteiger partial charge in [0.15, 0.2) is 0 Å². The van der Waals surface area contributed by atoms with Crippen LogP contribution in [0.25, 0.3) is 0 Å². The smallest absolute Gasteiger partial charge is 0.0195 e. The minimum absolute atomic E-state index is 0.762. The van der Waals surface area contributed by atoms with E-state index >= 15 is 0 Å². The number of rotatable bonds is 4. The van der Waals surface area contributed by atoms with Crippen LogP contribution in [0.1, 0.15) is 38.5 Å². The van der Waals surface area contributed by atoms with E-state index in [0.717, 1.165) is 12.0 Å². The molecule has 0 aliphatic carbocycles. The molecular formula is C15H31N3. The Morgan fingerprint density at radius 1 is 1.06 bits per heavy atom. The summed E-state index contributed by atoms with van der Waals surface area (Å²) in [5.74, 6) is 0.929. The summed E-state index contributed by atoms with van der Waals surface area (Å²) < 4.78 is 0. The summed E-state index contributed by atoms with van der Waals surface area (Å²) in [5, 5.41) is 3.72. The Morgan fingerprint density at radius 2 is 1.83 bits per heavy atom. The lowest BCUT2D eigenvalue weighted by molar-refractivity contribution is 0.149. The van der Waals surface area contributed by atoms with Crippen LogP contribution in [0.2, 0.25) is 0 Å². The van der Waals surface area contributed by atoms with Gasteiger partial charge in [-0.15, -0.1) is 0 Å². The summed E-state index contributed by atoms with van der Waals surface area (Å²) in [7, 11) is 4.39. The third-order valence-corrected chi connectivity index (χ3v) is 4.47. The molecule has 0 aromatic heterocycles. The third-order valence-electron chi connectivity index (χ3n) is 4.47. The highest BCUT2D eigenvalue weighted by atomic mass is 15.2. The maximum absolute atomic E-state index is 3.72. The van der Waals surface area contributed by atoms with Crippen molar-refractivity contribution in [2.75, 3.05) is 46.8 Å². The molecule has 3 nitrogen and oxygen atoms in total. The standard InChI is InChI=1S/C15H31N3/c1-17(2)12-14-7-10-18(11-8-14)13-15-6-4-3-5-9-16-15/h14-16H,3-13H2,1-2H3. The Labute approximate surface area is 113 Å². The molecule has 0 aromatic carbocycles. The van der Waals surface area contributed by atoms with E-state index in [1.165, 1.54) is 71.2 Å². The van der Waals surface area contributed by atoms with Crippen LogP contribution in [-0.4, -0.2) is 62.7 Å². The van der Waals surface area contributed by atoms with Crippen LogP contribution in [0.5, 0.6) is 0 Å². The number of likely N-dealkylation sites (tertiary alicyclic amines) is 1. The van der Waals surface area contributed by atoms with Crippen molar-refractivity contribution in [3.8, 4) is 0 Å². The lowest BCUT2D eigenvalue weighted by Crippen LogP contribution is -2.44. The fourth-order valence-corrected chi connectivity index (χ4v) is 3.44. The van der Waals surface area contributed by atoms with Crippen LogP contribution >= 0.6 is 0 Å². The van der Waals surface area contributed by atoms with E-state index in [2.05, 4.69) is 29.2 Å². The number of piperidine rings is 1. The first-order valence-corrected chi connectivity index (χ1v) is 7.84.